The van der Waals surface area contributed by atoms with E-state index in [-0.39, 0.29) is 5.11 Å². The lowest BCUT2D eigenvalue weighted by Crippen LogP contribution is -2.24. The molecule has 0 atom stereocenters. The van der Waals surface area contributed by atoms with Gasteiger partial charge in [-0.2, -0.15) is 5.10 Å². The summed E-state index contributed by atoms with van der Waals surface area (Å²) in [6.45, 7) is 0.559. The van der Waals surface area contributed by atoms with Gasteiger partial charge in [0.15, 0.2) is 16.6 Å². The van der Waals surface area contributed by atoms with Gasteiger partial charge in [-0.25, -0.2) is 0 Å². The molecule has 0 bridgehead atoms. The van der Waals surface area contributed by atoms with Gasteiger partial charge in [-0.05, 0) is 45.8 Å². The Morgan fingerprint density at radius 3 is 2.71 bits per heavy atom. The van der Waals surface area contributed by atoms with Gasteiger partial charge < -0.3 is 15.2 Å². The van der Waals surface area contributed by atoms with E-state index in [2.05, 4.69) is 38.6 Å². The summed E-state index contributed by atoms with van der Waals surface area (Å²) < 4.78 is 12.1. The summed E-state index contributed by atoms with van der Waals surface area (Å²) in [7, 11) is 1.60. The highest BCUT2D eigenvalue weighted by Crippen LogP contribution is 2.33. The summed E-state index contributed by atoms with van der Waals surface area (Å²) in [6, 6.07) is 13.9. The van der Waals surface area contributed by atoms with Gasteiger partial charge in [-0.3, -0.25) is 5.43 Å². The van der Waals surface area contributed by atoms with Crippen LogP contribution in [0.4, 0.5) is 0 Å². The molecular weight excluding hydrogens is 390 g/mol. The van der Waals surface area contributed by atoms with Gasteiger partial charge in [0.25, 0.3) is 0 Å². The molecule has 0 amide bonds. The summed E-state index contributed by atoms with van der Waals surface area (Å²) in [6.07, 6.45) is 2.42. The highest BCUT2D eigenvalue weighted by molar-refractivity contribution is 9.10. The van der Waals surface area contributed by atoms with Gasteiger partial charge >= 0.3 is 0 Å². The summed E-state index contributed by atoms with van der Waals surface area (Å²) in [4.78, 5) is 0. The highest BCUT2D eigenvalue weighted by atomic mass is 79.9. The monoisotopic (exact) mass is 407 g/mol. The minimum Gasteiger partial charge on any atom is -0.493 e. The number of rotatable bonds is 7. The Bertz CT molecular complexity index is 723. The van der Waals surface area contributed by atoms with Gasteiger partial charge in [0, 0.05) is 16.5 Å². The van der Waals surface area contributed by atoms with E-state index in [0.29, 0.717) is 18.1 Å². The third-order valence-corrected chi connectivity index (χ3v) is 3.93. The molecule has 0 radical (unpaired) electrons. The van der Waals surface area contributed by atoms with Crippen LogP contribution in [0, 0.1) is 0 Å². The topological polar surface area (TPSA) is 68.9 Å². The molecule has 3 N–H and O–H groups in total. The first-order valence-electron chi connectivity index (χ1n) is 7.23. The highest BCUT2D eigenvalue weighted by Gasteiger charge is 2.09. The van der Waals surface area contributed by atoms with Crippen molar-refractivity contribution in [2.75, 3.05) is 13.7 Å². The van der Waals surface area contributed by atoms with Crippen LogP contribution in [0.5, 0.6) is 11.5 Å². The molecule has 0 aliphatic carbocycles. The summed E-state index contributed by atoms with van der Waals surface area (Å²) in [5.41, 5.74) is 9.88. The fraction of sp³-hybridized carbons (Fsp3) is 0.176. The van der Waals surface area contributed by atoms with E-state index in [9.17, 15) is 0 Å². The number of hydrazone groups is 1. The molecule has 0 fully saturated rings. The van der Waals surface area contributed by atoms with E-state index in [1.807, 2.05) is 30.3 Å². The first kappa shape index (κ1) is 18.2. The molecule has 0 aromatic heterocycles. The number of benzene rings is 2. The molecule has 0 aliphatic heterocycles. The largest absolute Gasteiger partial charge is 0.493 e. The van der Waals surface area contributed by atoms with Crippen molar-refractivity contribution < 1.29 is 9.47 Å². The standard InChI is InChI=1S/C17H18BrN3O2S/c1-22-15-9-13(11-20-21-17(19)24)14(18)10-16(15)23-8-7-12-5-3-2-4-6-12/h2-6,9-11H,7-8H2,1H3,(H3,19,21,24). The number of nitrogens with two attached hydrogens (primary N) is 1. The van der Waals surface area contributed by atoms with Gasteiger partial charge in [-0.1, -0.05) is 30.3 Å². The van der Waals surface area contributed by atoms with Crippen molar-refractivity contribution >= 4 is 39.5 Å². The predicted molar refractivity (Wildman–Crippen MR) is 104 cm³/mol. The fourth-order valence-corrected chi connectivity index (χ4v) is 2.49. The smallest absolute Gasteiger partial charge is 0.184 e. The summed E-state index contributed by atoms with van der Waals surface area (Å²) in [5, 5.41) is 4.05. The quantitative estimate of drug-likeness (QED) is 0.418. The zero-order valence-electron chi connectivity index (χ0n) is 13.2. The van der Waals surface area contributed by atoms with Crippen LogP contribution in [-0.4, -0.2) is 25.0 Å². The average Bonchev–Trinajstić information content (AvgIpc) is 2.57. The normalized spacial score (nSPS) is 10.6. The molecule has 0 saturated heterocycles. The Labute approximate surface area is 155 Å². The molecule has 126 valence electrons. The molecule has 2 rings (SSSR count). The van der Waals surface area contributed by atoms with Crippen molar-refractivity contribution in [3.63, 3.8) is 0 Å². The maximum Gasteiger partial charge on any atom is 0.184 e. The van der Waals surface area contributed by atoms with E-state index in [4.69, 9.17) is 27.4 Å². The Morgan fingerprint density at radius 1 is 1.29 bits per heavy atom. The molecule has 0 saturated carbocycles. The van der Waals surface area contributed by atoms with Gasteiger partial charge in [0.05, 0.1) is 19.9 Å². The lowest BCUT2D eigenvalue weighted by atomic mass is 10.2. The molecule has 0 unspecified atom stereocenters. The number of nitrogens with zero attached hydrogens (tertiary/aromatic N) is 1. The third kappa shape index (κ3) is 5.50. The van der Waals surface area contributed by atoms with Crippen LogP contribution in [0.1, 0.15) is 11.1 Å². The van der Waals surface area contributed by atoms with E-state index >= 15 is 0 Å². The number of thiocarbonyl (C=S) groups is 1. The van der Waals surface area contributed by atoms with E-state index in [1.54, 1.807) is 13.3 Å². The van der Waals surface area contributed by atoms with Crippen LogP contribution in [0.25, 0.3) is 0 Å². The van der Waals surface area contributed by atoms with E-state index in [1.165, 1.54) is 5.56 Å². The van der Waals surface area contributed by atoms with Crippen LogP contribution < -0.4 is 20.6 Å². The maximum absolute atomic E-state index is 5.85. The molecule has 5 nitrogen and oxygen atoms in total. The Kier molecular flexibility index (Phi) is 7.02. The minimum absolute atomic E-state index is 0.107. The summed E-state index contributed by atoms with van der Waals surface area (Å²) >= 11 is 8.19. The predicted octanol–water partition coefficient (Wildman–Crippen LogP) is 3.25. The van der Waals surface area contributed by atoms with Crippen molar-refractivity contribution in [2.24, 2.45) is 10.8 Å². The molecule has 0 aliphatic rings. The molecule has 2 aromatic rings. The Balaban J connectivity index is 2.05. The van der Waals surface area contributed by atoms with Crippen LogP contribution in [0.3, 0.4) is 0 Å². The number of methoxy groups -OCH3 is 1. The molecule has 7 heteroatoms. The zero-order valence-corrected chi connectivity index (χ0v) is 15.6. The van der Waals surface area contributed by atoms with Crippen molar-refractivity contribution in [1.29, 1.82) is 0 Å². The van der Waals surface area contributed by atoms with Crippen LogP contribution in [0.15, 0.2) is 52.0 Å². The van der Waals surface area contributed by atoms with Gasteiger partial charge in [0.1, 0.15) is 0 Å². The number of hydrogen-bond acceptors (Lipinski definition) is 4. The Hall–Kier alpha value is -2.12. The number of ether oxygens (including phenoxy) is 2. The minimum atomic E-state index is 0.107. The first-order chi connectivity index (χ1) is 11.6. The second-order valence-electron chi connectivity index (χ2n) is 4.84. The maximum atomic E-state index is 5.85. The van der Waals surface area contributed by atoms with Crippen molar-refractivity contribution in [3.8, 4) is 11.5 Å². The van der Waals surface area contributed by atoms with Gasteiger partial charge in [-0.15, -0.1) is 0 Å². The number of hydrogen-bond donors (Lipinski definition) is 2. The molecule has 0 heterocycles. The SMILES string of the molecule is COc1cc(C=NNC(N)=S)c(Br)cc1OCCc1ccccc1. The fourth-order valence-electron chi connectivity index (χ4n) is 2.01. The second-order valence-corrected chi connectivity index (χ2v) is 6.14. The Morgan fingerprint density at radius 2 is 2.04 bits per heavy atom. The summed E-state index contributed by atoms with van der Waals surface area (Å²) in [5.74, 6) is 1.29. The molecular formula is C17H18BrN3O2S. The van der Waals surface area contributed by atoms with Crippen molar-refractivity contribution in [1.82, 2.24) is 5.43 Å². The van der Waals surface area contributed by atoms with E-state index < -0.39 is 0 Å². The second kappa shape index (κ2) is 9.24. The van der Waals surface area contributed by atoms with E-state index in [0.717, 1.165) is 16.5 Å². The van der Waals surface area contributed by atoms with Crippen LogP contribution >= 0.6 is 28.1 Å². The lowest BCUT2D eigenvalue weighted by molar-refractivity contribution is 0.297. The van der Waals surface area contributed by atoms with Crippen LogP contribution in [-0.2, 0) is 6.42 Å². The third-order valence-electron chi connectivity index (χ3n) is 3.15. The average molecular weight is 408 g/mol. The number of nitrogens with one attached hydrogen (secondary N) is 1. The molecule has 24 heavy (non-hydrogen) atoms. The van der Waals surface area contributed by atoms with Crippen LogP contribution in [0.2, 0.25) is 0 Å². The van der Waals surface area contributed by atoms with Crippen molar-refractivity contribution in [2.45, 2.75) is 6.42 Å². The van der Waals surface area contributed by atoms with Gasteiger partial charge in [0.2, 0.25) is 0 Å². The zero-order chi connectivity index (χ0) is 17.4. The first-order valence-corrected chi connectivity index (χ1v) is 8.43. The molecule has 0 spiro atoms. The van der Waals surface area contributed by atoms with Crippen molar-refractivity contribution in [3.05, 3.63) is 58.1 Å². The number of halogens is 1. The lowest BCUT2D eigenvalue weighted by Gasteiger charge is -2.12. The molecule has 2 aromatic carbocycles.